The molecule has 6 heteroatoms. The molecule has 24 heavy (non-hydrogen) atoms. The fraction of sp³-hybridized carbons (Fsp3) is 0.611. The van der Waals surface area contributed by atoms with E-state index < -0.39 is 0 Å². The van der Waals surface area contributed by atoms with Gasteiger partial charge < -0.3 is 20.3 Å². The summed E-state index contributed by atoms with van der Waals surface area (Å²) in [7, 11) is 3.67. The van der Waals surface area contributed by atoms with Crippen LogP contribution in [0.25, 0.3) is 0 Å². The van der Waals surface area contributed by atoms with Crippen molar-refractivity contribution in [3.05, 3.63) is 29.6 Å². The third kappa shape index (κ3) is 3.80. The van der Waals surface area contributed by atoms with E-state index in [2.05, 4.69) is 15.6 Å². The molecule has 2 N–H and O–H groups in total. The van der Waals surface area contributed by atoms with Gasteiger partial charge in [-0.25, -0.2) is 9.38 Å². The Morgan fingerprint density at radius 1 is 1.38 bits per heavy atom. The summed E-state index contributed by atoms with van der Waals surface area (Å²) < 4.78 is 19.9. The second kappa shape index (κ2) is 7.38. The number of anilines is 1. The number of ether oxygens (including phenoxy) is 1. The van der Waals surface area contributed by atoms with Crippen molar-refractivity contribution in [1.29, 1.82) is 0 Å². The minimum atomic E-state index is -0.216. The maximum atomic E-state index is 14.1. The summed E-state index contributed by atoms with van der Waals surface area (Å²) in [5.41, 5.74) is 1.45. The van der Waals surface area contributed by atoms with Crippen LogP contribution in [-0.2, 0) is 11.3 Å². The summed E-state index contributed by atoms with van der Waals surface area (Å²) in [6.45, 7) is 3.28. The van der Waals surface area contributed by atoms with E-state index in [4.69, 9.17) is 4.74 Å². The Morgan fingerprint density at radius 2 is 2.21 bits per heavy atom. The Labute approximate surface area is 143 Å². The molecule has 2 bridgehead atoms. The smallest absolute Gasteiger partial charge is 0.191 e. The fourth-order valence-corrected chi connectivity index (χ4v) is 3.47. The summed E-state index contributed by atoms with van der Waals surface area (Å²) in [4.78, 5) is 6.37. The van der Waals surface area contributed by atoms with Gasteiger partial charge in [-0.05, 0) is 43.9 Å². The Balaban J connectivity index is 1.64. The van der Waals surface area contributed by atoms with Crippen molar-refractivity contribution in [1.82, 2.24) is 10.6 Å². The average molecular weight is 334 g/mol. The highest BCUT2D eigenvalue weighted by Crippen LogP contribution is 2.34. The van der Waals surface area contributed by atoms with Crippen LogP contribution in [0.4, 0.5) is 10.1 Å². The van der Waals surface area contributed by atoms with Gasteiger partial charge in [0.05, 0.1) is 30.5 Å². The summed E-state index contributed by atoms with van der Waals surface area (Å²) in [5, 5.41) is 6.74. The Hall–Kier alpha value is -1.82. The van der Waals surface area contributed by atoms with E-state index in [1.165, 1.54) is 6.42 Å². The van der Waals surface area contributed by atoms with Gasteiger partial charge in [0.1, 0.15) is 5.82 Å². The topological polar surface area (TPSA) is 48.9 Å². The van der Waals surface area contributed by atoms with E-state index in [-0.39, 0.29) is 5.82 Å². The third-order valence-electron chi connectivity index (χ3n) is 4.69. The standard InChI is InChI=1S/C18H27FN4O/c1-4-20-18(22-15-10-13-6-8-17(15)24-13)21-11-12-5-7-16(23(2)3)14(19)9-12/h5,7,9,13,15,17H,4,6,8,10-11H2,1-3H3,(H2,20,21,22). The molecule has 0 spiro atoms. The van der Waals surface area contributed by atoms with Crippen molar-refractivity contribution in [2.45, 2.75) is 51.0 Å². The lowest BCUT2D eigenvalue weighted by molar-refractivity contribution is 0.0992. The zero-order valence-electron chi connectivity index (χ0n) is 14.7. The Morgan fingerprint density at radius 3 is 2.79 bits per heavy atom. The molecule has 2 saturated heterocycles. The predicted octanol–water partition coefficient (Wildman–Crippen LogP) is 2.27. The first-order valence-electron chi connectivity index (χ1n) is 8.73. The van der Waals surface area contributed by atoms with Crippen molar-refractivity contribution in [2.75, 3.05) is 25.5 Å². The van der Waals surface area contributed by atoms with Crippen LogP contribution >= 0.6 is 0 Å². The summed E-state index contributed by atoms with van der Waals surface area (Å²) in [6, 6.07) is 5.61. The maximum Gasteiger partial charge on any atom is 0.191 e. The summed E-state index contributed by atoms with van der Waals surface area (Å²) in [5.74, 6) is 0.558. The van der Waals surface area contributed by atoms with Crippen LogP contribution in [0.3, 0.4) is 0 Å². The molecule has 0 aliphatic carbocycles. The van der Waals surface area contributed by atoms with Gasteiger partial charge >= 0.3 is 0 Å². The van der Waals surface area contributed by atoms with Gasteiger partial charge in [0.2, 0.25) is 0 Å². The number of nitrogens with one attached hydrogen (secondary N) is 2. The van der Waals surface area contributed by atoms with Gasteiger partial charge in [0.15, 0.2) is 5.96 Å². The quantitative estimate of drug-likeness (QED) is 0.641. The molecule has 5 nitrogen and oxygen atoms in total. The fourth-order valence-electron chi connectivity index (χ4n) is 3.47. The molecule has 2 heterocycles. The summed E-state index contributed by atoms with van der Waals surface area (Å²) in [6.07, 6.45) is 4.05. The van der Waals surface area contributed by atoms with E-state index in [0.717, 1.165) is 30.9 Å². The Bertz CT molecular complexity index is 605. The average Bonchev–Trinajstić information content (AvgIpc) is 3.15. The molecule has 2 aliphatic rings. The molecular weight excluding hydrogens is 307 g/mol. The van der Waals surface area contributed by atoms with E-state index in [9.17, 15) is 4.39 Å². The van der Waals surface area contributed by atoms with Gasteiger partial charge in [-0.1, -0.05) is 6.07 Å². The van der Waals surface area contributed by atoms with E-state index in [1.54, 1.807) is 17.0 Å². The lowest BCUT2D eigenvalue weighted by atomic mass is 9.96. The molecule has 1 aromatic carbocycles. The number of hydrogen-bond donors (Lipinski definition) is 2. The number of guanidine groups is 1. The first-order valence-corrected chi connectivity index (χ1v) is 8.73. The SMILES string of the molecule is CCNC(=NCc1ccc(N(C)C)c(F)c1)NC1CC2CCC1O2. The summed E-state index contributed by atoms with van der Waals surface area (Å²) >= 11 is 0. The van der Waals surface area contributed by atoms with Crippen LogP contribution in [0.1, 0.15) is 31.7 Å². The van der Waals surface area contributed by atoms with E-state index in [0.29, 0.717) is 30.5 Å². The number of aliphatic imine (C=N–C) groups is 1. The largest absolute Gasteiger partial charge is 0.375 e. The number of hydrogen-bond acceptors (Lipinski definition) is 3. The van der Waals surface area contributed by atoms with Crippen molar-refractivity contribution in [3.63, 3.8) is 0 Å². The molecule has 0 aromatic heterocycles. The molecule has 2 fully saturated rings. The molecule has 1 aromatic rings. The molecule has 0 radical (unpaired) electrons. The van der Waals surface area contributed by atoms with E-state index >= 15 is 0 Å². The zero-order valence-corrected chi connectivity index (χ0v) is 14.7. The van der Waals surface area contributed by atoms with Crippen LogP contribution in [0, 0.1) is 5.82 Å². The number of benzene rings is 1. The van der Waals surface area contributed by atoms with Crippen LogP contribution in [0.15, 0.2) is 23.2 Å². The molecule has 132 valence electrons. The van der Waals surface area contributed by atoms with Gasteiger partial charge in [0, 0.05) is 20.6 Å². The lowest BCUT2D eigenvalue weighted by Crippen LogP contribution is -2.47. The molecule has 0 saturated carbocycles. The molecule has 3 unspecified atom stereocenters. The second-order valence-corrected chi connectivity index (χ2v) is 6.74. The predicted molar refractivity (Wildman–Crippen MR) is 95.0 cm³/mol. The molecule has 3 atom stereocenters. The normalized spacial score (nSPS) is 25.8. The highest BCUT2D eigenvalue weighted by atomic mass is 19.1. The Kier molecular flexibility index (Phi) is 5.23. The molecule has 3 rings (SSSR count). The number of fused-ring (bicyclic) bond motifs is 2. The number of halogens is 1. The monoisotopic (exact) mass is 334 g/mol. The maximum absolute atomic E-state index is 14.1. The second-order valence-electron chi connectivity index (χ2n) is 6.74. The van der Waals surface area contributed by atoms with Gasteiger partial charge in [-0.3, -0.25) is 0 Å². The van der Waals surface area contributed by atoms with Gasteiger partial charge in [0.25, 0.3) is 0 Å². The minimum Gasteiger partial charge on any atom is -0.375 e. The first kappa shape index (κ1) is 17.0. The van der Waals surface area contributed by atoms with Gasteiger partial charge in [-0.15, -0.1) is 0 Å². The van der Waals surface area contributed by atoms with Gasteiger partial charge in [-0.2, -0.15) is 0 Å². The first-order chi connectivity index (χ1) is 11.6. The molecule has 2 aliphatic heterocycles. The highest BCUT2D eigenvalue weighted by Gasteiger charge is 2.41. The van der Waals surface area contributed by atoms with Crippen LogP contribution < -0.4 is 15.5 Å². The lowest BCUT2D eigenvalue weighted by Gasteiger charge is -2.22. The van der Waals surface area contributed by atoms with Crippen LogP contribution in [0.2, 0.25) is 0 Å². The van der Waals surface area contributed by atoms with Crippen molar-refractivity contribution >= 4 is 11.6 Å². The molecule has 0 amide bonds. The number of nitrogens with zero attached hydrogens (tertiary/aromatic N) is 2. The highest BCUT2D eigenvalue weighted by molar-refractivity contribution is 5.80. The van der Waals surface area contributed by atoms with E-state index in [1.807, 2.05) is 27.1 Å². The third-order valence-corrected chi connectivity index (χ3v) is 4.69. The molecular formula is C18H27FN4O. The van der Waals surface area contributed by atoms with Crippen molar-refractivity contribution in [2.24, 2.45) is 4.99 Å². The minimum absolute atomic E-state index is 0.216. The number of rotatable bonds is 5. The van der Waals surface area contributed by atoms with Crippen LogP contribution in [0.5, 0.6) is 0 Å². The zero-order chi connectivity index (χ0) is 17.1. The van der Waals surface area contributed by atoms with Crippen molar-refractivity contribution in [3.8, 4) is 0 Å². The van der Waals surface area contributed by atoms with Crippen LogP contribution in [-0.4, -0.2) is 44.8 Å². The van der Waals surface area contributed by atoms with Crippen molar-refractivity contribution < 1.29 is 9.13 Å².